The summed E-state index contributed by atoms with van der Waals surface area (Å²) in [6.07, 6.45) is 0.141. The number of rotatable bonds is 1. The lowest BCUT2D eigenvalue weighted by molar-refractivity contribution is -0.152. The highest BCUT2D eigenvalue weighted by molar-refractivity contribution is 6.19. The lowest BCUT2D eigenvalue weighted by Crippen LogP contribution is -2.08. The summed E-state index contributed by atoms with van der Waals surface area (Å²) in [4.78, 5) is 20.8. The van der Waals surface area contributed by atoms with E-state index in [9.17, 15) is 9.59 Å². The van der Waals surface area contributed by atoms with Crippen molar-refractivity contribution in [1.82, 2.24) is 0 Å². The minimum Gasteiger partial charge on any atom is -0.393 e. The Morgan fingerprint density at radius 2 is 2.33 bits per heavy atom. The molecule has 0 bridgehead atoms. The van der Waals surface area contributed by atoms with Crippen LogP contribution in [0.4, 0.5) is 0 Å². The Hall–Kier alpha value is -0.570. The standard InChI is InChI=1S/C5H5ClO3/c6-2-3-1-4(7)9-5(3)8/h3H,1-2H2. The second-order valence-electron chi connectivity index (χ2n) is 1.85. The fourth-order valence-corrected chi connectivity index (χ4v) is 0.874. The maximum Gasteiger partial charge on any atom is 0.318 e. The Morgan fingerprint density at radius 1 is 1.67 bits per heavy atom. The highest BCUT2D eigenvalue weighted by Crippen LogP contribution is 2.16. The van der Waals surface area contributed by atoms with Gasteiger partial charge in [-0.15, -0.1) is 11.6 Å². The first kappa shape index (κ1) is 6.55. The van der Waals surface area contributed by atoms with Gasteiger partial charge in [-0.1, -0.05) is 0 Å². The van der Waals surface area contributed by atoms with Gasteiger partial charge in [-0.05, 0) is 0 Å². The van der Waals surface area contributed by atoms with Crippen molar-refractivity contribution in [3.05, 3.63) is 0 Å². The highest BCUT2D eigenvalue weighted by Gasteiger charge is 2.32. The number of cyclic esters (lactones) is 2. The molecule has 1 aliphatic rings. The summed E-state index contributed by atoms with van der Waals surface area (Å²) in [6.45, 7) is 0. The Labute approximate surface area is 56.9 Å². The van der Waals surface area contributed by atoms with E-state index in [-0.39, 0.29) is 12.3 Å². The molecule has 0 aromatic heterocycles. The van der Waals surface area contributed by atoms with Crippen molar-refractivity contribution in [3.8, 4) is 0 Å². The zero-order chi connectivity index (χ0) is 6.85. The van der Waals surface area contributed by atoms with Gasteiger partial charge in [0.15, 0.2) is 0 Å². The number of hydrogen-bond acceptors (Lipinski definition) is 3. The molecule has 4 heteroatoms. The van der Waals surface area contributed by atoms with Gasteiger partial charge < -0.3 is 4.74 Å². The van der Waals surface area contributed by atoms with Crippen LogP contribution in [0.5, 0.6) is 0 Å². The third-order valence-electron chi connectivity index (χ3n) is 1.15. The fourth-order valence-electron chi connectivity index (χ4n) is 0.639. The number of alkyl halides is 1. The zero-order valence-electron chi connectivity index (χ0n) is 4.59. The molecule has 9 heavy (non-hydrogen) atoms. The molecule has 1 unspecified atom stereocenters. The Bertz CT molecular complexity index is 154. The van der Waals surface area contributed by atoms with Crippen LogP contribution in [-0.4, -0.2) is 17.8 Å². The summed E-state index contributed by atoms with van der Waals surface area (Å²) in [7, 11) is 0. The highest BCUT2D eigenvalue weighted by atomic mass is 35.5. The van der Waals surface area contributed by atoms with Gasteiger partial charge in [0, 0.05) is 5.88 Å². The van der Waals surface area contributed by atoms with Crippen molar-refractivity contribution in [2.45, 2.75) is 6.42 Å². The van der Waals surface area contributed by atoms with Crippen LogP contribution >= 0.6 is 11.6 Å². The molecule has 50 valence electrons. The average Bonchev–Trinajstić information content (AvgIpc) is 2.10. The van der Waals surface area contributed by atoms with Gasteiger partial charge in [0.2, 0.25) is 0 Å². The van der Waals surface area contributed by atoms with Crippen LogP contribution in [0.2, 0.25) is 0 Å². The molecule has 0 amide bonds. The minimum absolute atomic E-state index is 0.141. The predicted octanol–water partition coefficient (Wildman–Crippen LogP) is 0.315. The maximum atomic E-state index is 10.5. The number of esters is 2. The third kappa shape index (κ3) is 1.21. The number of ether oxygens (including phenoxy) is 1. The van der Waals surface area contributed by atoms with E-state index < -0.39 is 17.9 Å². The monoisotopic (exact) mass is 148 g/mol. The minimum atomic E-state index is -0.491. The van der Waals surface area contributed by atoms with E-state index in [1.54, 1.807) is 0 Å². The van der Waals surface area contributed by atoms with Gasteiger partial charge in [0.1, 0.15) is 0 Å². The molecular formula is C5H5ClO3. The van der Waals surface area contributed by atoms with Crippen LogP contribution in [0, 0.1) is 5.92 Å². The van der Waals surface area contributed by atoms with Crippen molar-refractivity contribution in [2.24, 2.45) is 5.92 Å². The smallest absolute Gasteiger partial charge is 0.318 e. The molecule has 1 rings (SSSR count). The van der Waals surface area contributed by atoms with E-state index in [0.717, 1.165) is 0 Å². The van der Waals surface area contributed by atoms with E-state index in [1.807, 2.05) is 0 Å². The average molecular weight is 149 g/mol. The van der Waals surface area contributed by atoms with Crippen LogP contribution < -0.4 is 0 Å². The van der Waals surface area contributed by atoms with Crippen molar-refractivity contribution in [3.63, 3.8) is 0 Å². The lowest BCUT2D eigenvalue weighted by Gasteiger charge is -1.92. The van der Waals surface area contributed by atoms with E-state index in [1.165, 1.54) is 0 Å². The van der Waals surface area contributed by atoms with Crippen molar-refractivity contribution in [2.75, 3.05) is 5.88 Å². The molecular weight excluding hydrogens is 144 g/mol. The van der Waals surface area contributed by atoms with Crippen LogP contribution in [0.1, 0.15) is 6.42 Å². The Balaban J connectivity index is 2.58. The lowest BCUT2D eigenvalue weighted by atomic mass is 10.1. The van der Waals surface area contributed by atoms with Gasteiger partial charge in [-0.3, -0.25) is 9.59 Å². The third-order valence-corrected chi connectivity index (χ3v) is 1.52. The maximum absolute atomic E-state index is 10.5. The molecule has 0 radical (unpaired) electrons. The van der Waals surface area contributed by atoms with Gasteiger partial charge in [0.25, 0.3) is 0 Å². The van der Waals surface area contributed by atoms with Gasteiger partial charge in [-0.2, -0.15) is 0 Å². The summed E-state index contributed by atoms with van der Waals surface area (Å²) in [5.74, 6) is -1.19. The number of halogens is 1. The van der Waals surface area contributed by atoms with E-state index >= 15 is 0 Å². The second kappa shape index (κ2) is 2.35. The first-order chi connectivity index (χ1) is 4.24. The van der Waals surface area contributed by atoms with Gasteiger partial charge >= 0.3 is 11.9 Å². The SMILES string of the molecule is O=C1CC(CCl)C(=O)O1. The summed E-state index contributed by atoms with van der Waals surface area (Å²) in [5, 5.41) is 0. The topological polar surface area (TPSA) is 43.4 Å². The van der Waals surface area contributed by atoms with Crippen LogP contribution in [0.15, 0.2) is 0 Å². The first-order valence-electron chi connectivity index (χ1n) is 2.54. The quantitative estimate of drug-likeness (QED) is 0.306. The van der Waals surface area contributed by atoms with E-state index in [4.69, 9.17) is 11.6 Å². The molecule has 0 spiro atoms. The molecule has 1 aliphatic heterocycles. The van der Waals surface area contributed by atoms with Crippen LogP contribution in [-0.2, 0) is 14.3 Å². The van der Waals surface area contributed by atoms with Crippen molar-refractivity contribution >= 4 is 23.5 Å². The summed E-state index contributed by atoms with van der Waals surface area (Å²) >= 11 is 5.31. The molecule has 3 nitrogen and oxygen atoms in total. The Kier molecular flexibility index (Phi) is 1.71. The number of hydrogen-bond donors (Lipinski definition) is 0. The predicted molar refractivity (Wildman–Crippen MR) is 29.9 cm³/mol. The van der Waals surface area contributed by atoms with Crippen molar-refractivity contribution in [1.29, 1.82) is 0 Å². The molecule has 0 N–H and O–H groups in total. The zero-order valence-corrected chi connectivity index (χ0v) is 5.35. The van der Waals surface area contributed by atoms with E-state index in [2.05, 4.69) is 4.74 Å². The first-order valence-corrected chi connectivity index (χ1v) is 3.08. The number of carbonyl (C=O) groups is 2. The molecule has 1 fully saturated rings. The molecule has 1 atom stereocenters. The summed E-state index contributed by atoms with van der Waals surface area (Å²) in [5.41, 5.74) is 0. The van der Waals surface area contributed by atoms with Gasteiger partial charge in [0.05, 0.1) is 12.3 Å². The fraction of sp³-hybridized carbons (Fsp3) is 0.600. The molecule has 0 aromatic carbocycles. The summed E-state index contributed by atoms with van der Waals surface area (Å²) < 4.78 is 4.20. The summed E-state index contributed by atoms with van der Waals surface area (Å²) in [6, 6.07) is 0. The molecule has 1 heterocycles. The Morgan fingerprint density at radius 3 is 2.56 bits per heavy atom. The van der Waals surface area contributed by atoms with Gasteiger partial charge in [-0.25, -0.2) is 0 Å². The normalized spacial score (nSPS) is 26.6. The molecule has 0 aliphatic carbocycles. The number of carbonyl (C=O) groups excluding carboxylic acids is 2. The molecule has 0 aromatic rings. The molecule has 0 saturated carbocycles. The molecule has 1 saturated heterocycles. The van der Waals surface area contributed by atoms with Crippen LogP contribution in [0.3, 0.4) is 0 Å². The second-order valence-corrected chi connectivity index (χ2v) is 2.16. The van der Waals surface area contributed by atoms with E-state index in [0.29, 0.717) is 0 Å². The largest absolute Gasteiger partial charge is 0.393 e. The van der Waals surface area contributed by atoms with Crippen LogP contribution in [0.25, 0.3) is 0 Å². The van der Waals surface area contributed by atoms with Crippen molar-refractivity contribution < 1.29 is 14.3 Å².